The van der Waals surface area contributed by atoms with Crippen molar-refractivity contribution in [1.29, 1.82) is 0 Å². The van der Waals surface area contributed by atoms with Gasteiger partial charge in [-0.1, -0.05) is 12.1 Å². The minimum Gasteiger partial charge on any atom is -0.207 e. The second kappa shape index (κ2) is 2.62. The summed E-state index contributed by atoms with van der Waals surface area (Å²) in [5, 5.41) is 0. The van der Waals surface area contributed by atoms with Crippen molar-refractivity contribution < 1.29 is 4.39 Å². The first-order chi connectivity index (χ1) is 4.33. The molecule has 0 bridgehead atoms. The molecule has 0 amide bonds. The van der Waals surface area contributed by atoms with Crippen LogP contribution in [0, 0.1) is 12.7 Å². The zero-order chi connectivity index (χ0) is 6.69. The molecule has 0 saturated heterocycles. The van der Waals surface area contributed by atoms with Crippen LogP contribution in [-0.2, 0) is 6.42 Å². The van der Waals surface area contributed by atoms with Crippen LogP contribution in [0.1, 0.15) is 5.56 Å². The Kier molecular flexibility index (Phi) is 1.83. The molecular formula is C8H7F. The molecule has 2 radical (unpaired) electrons. The summed E-state index contributed by atoms with van der Waals surface area (Å²) in [6, 6.07) is 6.16. The zero-order valence-electron chi connectivity index (χ0n) is 4.97. The molecule has 1 aromatic carbocycles. The molecule has 0 unspecified atom stereocenters. The molecule has 1 rings (SSSR count). The van der Waals surface area contributed by atoms with Gasteiger partial charge in [0, 0.05) is 0 Å². The molecule has 0 N–H and O–H groups in total. The maximum absolute atomic E-state index is 12.2. The predicted molar refractivity (Wildman–Crippen MR) is 34.4 cm³/mol. The van der Waals surface area contributed by atoms with Crippen LogP contribution >= 0.6 is 0 Å². The maximum atomic E-state index is 12.2. The van der Waals surface area contributed by atoms with Crippen LogP contribution in [0.2, 0.25) is 0 Å². The Morgan fingerprint density at radius 3 is 2.22 bits per heavy atom. The molecule has 0 aromatic heterocycles. The minimum atomic E-state index is -0.216. The summed E-state index contributed by atoms with van der Waals surface area (Å²) in [7, 11) is 0. The van der Waals surface area contributed by atoms with Crippen LogP contribution in [0.25, 0.3) is 0 Å². The Labute approximate surface area is 54.3 Å². The molecule has 46 valence electrons. The predicted octanol–water partition coefficient (Wildman–Crippen LogP) is 2.08. The lowest BCUT2D eigenvalue weighted by Crippen LogP contribution is -1.78. The molecule has 1 aromatic rings. The first kappa shape index (κ1) is 6.27. The molecule has 0 atom stereocenters. The average molecular weight is 122 g/mol. The van der Waals surface area contributed by atoms with Gasteiger partial charge >= 0.3 is 0 Å². The van der Waals surface area contributed by atoms with Crippen LogP contribution < -0.4 is 0 Å². The van der Waals surface area contributed by atoms with Crippen molar-refractivity contribution in [3.63, 3.8) is 0 Å². The highest BCUT2D eigenvalue weighted by Crippen LogP contribution is 2.01. The van der Waals surface area contributed by atoms with E-state index < -0.39 is 0 Å². The number of rotatable bonds is 1. The first-order valence-corrected chi connectivity index (χ1v) is 2.77. The third-order valence-electron chi connectivity index (χ3n) is 1.15. The van der Waals surface area contributed by atoms with Gasteiger partial charge in [-0.15, -0.1) is 0 Å². The fraction of sp³-hybridized carbons (Fsp3) is 0.125. The van der Waals surface area contributed by atoms with Crippen molar-refractivity contribution in [3.8, 4) is 0 Å². The fourth-order valence-corrected chi connectivity index (χ4v) is 0.620. The summed E-state index contributed by atoms with van der Waals surface area (Å²) < 4.78 is 12.2. The molecule has 0 spiro atoms. The second-order valence-electron chi connectivity index (χ2n) is 1.83. The van der Waals surface area contributed by atoms with E-state index in [1.807, 2.05) is 0 Å². The van der Waals surface area contributed by atoms with E-state index in [9.17, 15) is 4.39 Å². The zero-order valence-corrected chi connectivity index (χ0v) is 4.97. The van der Waals surface area contributed by atoms with E-state index >= 15 is 0 Å². The molecule has 0 nitrogen and oxygen atoms in total. The van der Waals surface area contributed by atoms with Gasteiger partial charge in [-0.2, -0.15) is 0 Å². The van der Waals surface area contributed by atoms with Crippen molar-refractivity contribution in [3.05, 3.63) is 42.6 Å². The minimum absolute atomic E-state index is 0.216. The highest BCUT2D eigenvalue weighted by molar-refractivity contribution is 5.16. The highest BCUT2D eigenvalue weighted by Gasteiger charge is 1.87. The monoisotopic (exact) mass is 122 g/mol. The molecule has 0 aliphatic heterocycles. The largest absolute Gasteiger partial charge is 0.207 e. The summed E-state index contributed by atoms with van der Waals surface area (Å²) in [5.74, 6) is -0.216. The van der Waals surface area contributed by atoms with Gasteiger partial charge in [0.1, 0.15) is 5.82 Å². The Bertz CT molecular complexity index is 176. The molecule has 0 fully saturated rings. The Hall–Kier alpha value is -0.850. The lowest BCUT2D eigenvalue weighted by molar-refractivity contribution is 0.627. The second-order valence-corrected chi connectivity index (χ2v) is 1.83. The Balaban J connectivity index is 2.88. The van der Waals surface area contributed by atoms with Gasteiger partial charge in [0.05, 0.1) is 0 Å². The van der Waals surface area contributed by atoms with Crippen LogP contribution in [0.3, 0.4) is 0 Å². The van der Waals surface area contributed by atoms with Crippen molar-refractivity contribution in [1.82, 2.24) is 0 Å². The summed E-state index contributed by atoms with van der Waals surface area (Å²) in [4.78, 5) is 0. The van der Waals surface area contributed by atoms with Gasteiger partial charge in [0.2, 0.25) is 0 Å². The van der Waals surface area contributed by atoms with Crippen molar-refractivity contribution in [2.75, 3.05) is 0 Å². The molecule has 9 heavy (non-hydrogen) atoms. The van der Waals surface area contributed by atoms with Crippen LogP contribution in [0.15, 0.2) is 24.3 Å². The standard InChI is InChI=1S/C8H7F/c1-2-7-3-5-8(9)6-4-7/h1,3-6H,2H2. The topological polar surface area (TPSA) is 0 Å². The lowest BCUT2D eigenvalue weighted by Gasteiger charge is -1.92. The molecule has 0 aliphatic rings. The summed E-state index contributed by atoms with van der Waals surface area (Å²) in [6.45, 7) is 5.28. The fourth-order valence-electron chi connectivity index (χ4n) is 0.620. The van der Waals surface area contributed by atoms with Gasteiger partial charge < -0.3 is 0 Å². The highest BCUT2D eigenvalue weighted by atomic mass is 19.1. The van der Waals surface area contributed by atoms with Crippen LogP contribution in [0.5, 0.6) is 0 Å². The van der Waals surface area contributed by atoms with Crippen molar-refractivity contribution in [2.45, 2.75) is 6.42 Å². The van der Waals surface area contributed by atoms with Crippen molar-refractivity contribution in [2.24, 2.45) is 0 Å². The number of hydrogen-bond donors (Lipinski definition) is 0. The van der Waals surface area contributed by atoms with Gasteiger partial charge in [-0.05, 0) is 31.0 Å². The molecular weight excluding hydrogens is 115 g/mol. The van der Waals surface area contributed by atoms with E-state index in [1.54, 1.807) is 12.1 Å². The quantitative estimate of drug-likeness (QED) is 0.535. The van der Waals surface area contributed by atoms with Gasteiger partial charge in [0.15, 0.2) is 0 Å². The average Bonchev–Trinajstić information content (AvgIpc) is 1.90. The summed E-state index contributed by atoms with van der Waals surface area (Å²) >= 11 is 0. The van der Waals surface area contributed by atoms with Gasteiger partial charge in [-0.3, -0.25) is 0 Å². The first-order valence-electron chi connectivity index (χ1n) is 2.77. The smallest absolute Gasteiger partial charge is 0.123 e. The van der Waals surface area contributed by atoms with Gasteiger partial charge in [-0.25, -0.2) is 4.39 Å². The van der Waals surface area contributed by atoms with Gasteiger partial charge in [0.25, 0.3) is 0 Å². The molecule has 0 saturated carbocycles. The molecule has 1 heteroatoms. The van der Waals surface area contributed by atoms with E-state index in [-0.39, 0.29) is 5.82 Å². The number of benzene rings is 1. The van der Waals surface area contributed by atoms with Crippen LogP contribution in [-0.4, -0.2) is 0 Å². The van der Waals surface area contributed by atoms with Crippen molar-refractivity contribution >= 4 is 0 Å². The lowest BCUT2D eigenvalue weighted by atomic mass is 10.2. The molecule has 0 aliphatic carbocycles. The van der Waals surface area contributed by atoms with E-state index in [4.69, 9.17) is 6.92 Å². The summed E-state index contributed by atoms with van der Waals surface area (Å²) in [5.41, 5.74) is 0.955. The number of hydrogen-bond acceptors (Lipinski definition) is 0. The van der Waals surface area contributed by atoms with E-state index in [1.165, 1.54) is 12.1 Å². The normalized spacial score (nSPS) is 9.56. The Morgan fingerprint density at radius 1 is 1.22 bits per heavy atom. The van der Waals surface area contributed by atoms with E-state index in [2.05, 4.69) is 0 Å². The Morgan fingerprint density at radius 2 is 1.78 bits per heavy atom. The maximum Gasteiger partial charge on any atom is 0.123 e. The third-order valence-corrected chi connectivity index (χ3v) is 1.15. The van der Waals surface area contributed by atoms with Crippen LogP contribution in [0.4, 0.5) is 4.39 Å². The third kappa shape index (κ3) is 1.53. The number of halogens is 1. The van der Waals surface area contributed by atoms with E-state index in [0.29, 0.717) is 6.42 Å². The summed E-state index contributed by atoms with van der Waals surface area (Å²) in [6.07, 6.45) is 0.472. The van der Waals surface area contributed by atoms with E-state index in [0.717, 1.165) is 5.56 Å². The SMILES string of the molecule is [CH]Cc1ccc(F)cc1. The molecule has 0 heterocycles.